The van der Waals surface area contributed by atoms with Gasteiger partial charge in [-0.05, 0) is 71.1 Å². The molecule has 30 heavy (non-hydrogen) atoms. The van der Waals surface area contributed by atoms with Gasteiger partial charge in [0, 0.05) is 0 Å². The van der Waals surface area contributed by atoms with E-state index in [1.165, 1.54) is 27.7 Å². The minimum atomic E-state index is -0.205. The molecule has 0 aromatic heterocycles. The topological polar surface area (TPSA) is 74.6 Å². The second kappa shape index (κ2) is 6.99. The van der Waals surface area contributed by atoms with Crippen LogP contribution in [0.1, 0.15) is 38.8 Å². The fourth-order valence-corrected chi connectivity index (χ4v) is 4.52. The molecule has 0 aliphatic rings. The molecular weight excluding hydrogens is 376 g/mol. The Kier molecular flexibility index (Phi) is 4.58. The third-order valence-corrected chi connectivity index (χ3v) is 5.63. The van der Waals surface area contributed by atoms with E-state index >= 15 is 0 Å². The van der Waals surface area contributed by atoms with Crippen LogP contribution in [0, 0.1) is 0 Å². The maximum atomic E-state index is 12.2. The molecule has 0 aliphatic heterocycles. The van der Waals surface area contributed by atoms with E-state index < -0.39 is 0 Å². The summed E-state index contributed by atoms with van der Waals surface area (Å²) in [5.41, 5.74) is 1.94. The number of hydrogen-bond acceptors (Lipinski definition) is 4. The van der Waals surface area contributed by atoms with E-state index in [4.69, 9.17) is 0 Å². The fraction of sp³-hybridized carbons (Fsp3) is 0.154. The Bertz CT molecular complexity index is 1300. The Balaban J connectivity index is 2.21. The summed E-state index contributed by atoms with van der Waals surface area (Å²) >= 11 is 0. The molecule has 0 spiro atoms. The second-order valence-electron chi connectivity index (χ2n) is 7.68. The lowest BCUT2D eigenvalue weighted by molar-refractivity contribution is -0.112. The molecule has 4 heteroatoms. The summed E-state index contributed by atoms with van der Waals surface area (Å²) in [6.07, 6.45) is 0. The van der Waals surface area contributed by atoms with Crippen molar-refractivity contribution in [2.75, 3.05) is 0 Å². The zero-order valence-corrected chi connectivity index (χ0v) is 17.3. The number of carbonyl (C=O) groups is 2. The molecule has 0 saturated heterocycles. The molecule has 0 radical (unpaired) electrons. The zero-order chi connectivity index (χ0) is 21.7. The van der Waals surface area contributed by atoms with Crippen molar-refractivity contribution < 1.29 is 19.8 Å². The Morgan fingerprint density at radius 1 is 0.567 bits per heavy atom. The Labute approximate surface area is 174 Å². The summed E-state index contributed by atoms with van der Waals surface area (Å²) < 4.78 is 0. The molecule has 4 aromatic carbocycles. The van der Waals surface area contributed by atoms with Crippen LogP contribution in [0.25, 0.3) is 43.5 Å². The minimum absolute atomic E-state index is 0.0177. The monoisotopic (exact) mass is 398 g/mol. The van der Waals surface area contributed by atoms with E-state index in [0.717, 1.165) is 32.3 Å². The summed E-state index contributed by atoms with van der Waals surface area (Å²) in [6, 6.07) is 15.5. The van der Waals surface area contributed by atoms with Gasteiger partial charge in [0.2, 0.25) is 0 Å². The Hall–Kier alpha value is -3.66. The molecular formula is C26H22O4. The Morgan fingerprint density at radius 2 is 0.900 bits per heavy atom. The molecule has 150 valence electrons. The van der Waals surface area contributed by atoms with Gasteiger partial charge in [0.15, 0.2) is 11.6 Å². The maximum absolute atomic E-state index is 12.2. The molecule has 4 rings (SSSR count). The number of aliphatic hydroxyl groups excluding tert-OH is 2. The normalized spacial score (nSPS) is 13.6. The quantitative estimate of drug-likeness (QED) is 0.239. The van der Waals surface area contributed by atoms with Crippen molar-refractivity contribution >= 4 is 55.0 Å². The van der Waals surface area contributed by atoms with E-state index in [9.17, 15) is 19.8 Å². The van der Waals surface area contributed by atoms with Crippen molar-refractivity contribution in [3.05, 3.63) is 71.2 Å². The average molecular weight is 398 g/mol. The standard InChI is InChI=1S/C26H22O4/c1-13(27)23(14(2)28)19-9-5-17-8-12-22-20(24(15(3)29)16(4)30)10-6-18-7-11-21(19)25(17)26(18)22/h5-12,27,29H,1-4H3/b23-13+,24-15+. The van der Waals surface area contributed by atoms with E-state index in [-0.39, 0.29) is 23.1 Å². The molecule has 2 N–H and O–H groups in total. The summed E-state index contributed by atoms with van der Waals surface area (Å²) in [4.78, 5) is 24.5. The fourth-order valence-electron chi connectivity index (χ4n) is 4.52. The number of ketones is 2. The first-order valence-corrected chi connectivity index (χ1v) is 9.75. The molecule has 0 fully saturated rings. The van der Waals surface area contributed by atoms with Crippen LogP contribution in [-0.4, -0.2) is 21.8 Å². The molecule has 0 unspecified atom stereocenters. The largest absolute Gasteiger partial charge is 0.512 e. The summed E-state index contributed by atoms with van der Waals surface area (Å²) in [6.45, 7) is 5.92. The van der Waals surface area contributed by atoms with Gasteiger partial charge in [-0.1, -0.05) is 48.5 Å². The molecule has 4 nitrogen and oxygen atoms in total. The van der Waals surface area contributed by atoms with Crippen LogP contribution in [-0.2, 0) is 9.59 Å². The van der Waals surface area contributed by atoms with Gasteiger partial charge in [0.05, 0.1) is 11.1 Å². The van der Waals surface area contributed by atoms with E-state index in [2.05, 4.69) is 0 Å². The van der Waals surface area contributed by atoms with Crippen molar-refractivity contribution in [2.45, 2.75) is 27.7 Å². The molecule has 0 atom stereocenters. The van der Waals surface area contributed by atoms with Gasteiger partial charge < -0.3 is 10.2 Å². The van der Waals surface area contributed by atoms with Gasteiger partial charge in [-0.3, -0.25) is 9.59 Å². The van der Waals surface area contributed by atoms with Crippen LogP contribution in [0.3, 0.4) is 0 Å². The van der Waals surface area contributed by atoms with Gasteiger partial charge in [0.25, 0.3) is 0 Å². The first kappa shape index (κ1) is 19.6. The lowest BCUT2D eigenvalue weighted by Crippen LogP contribution is -2.02. The lowest BCUT2D eigenvalue weighted by Gasteiger charge is -2.17. The highest BCUT2D eigenvalue weighted by Gasteiger charge is 2.20. The second-order valence-corrected chi connectivity index (χ2v) is 7.68. The molecule has 0 bridgehead atoms. The molecule has 0 heterocycles. The van der Waals surface area contributed by atoms with E-state index in [1.54, 1.807) is 0 Å². The van der Waals surface area contributed by atoms with Crippen LogP contribution < -0.4 is 0 Å². The highest BCUT2D eigenvalue weighted by molar-refractivity contribution is 6.32. The number of hydrogen-bond donors (Lipinski definition) is 2. The van der Waals surface area contributed by atoms with Gasteiger partial charge in [-0.25, -0.2) is 0 Å². The predicted molar refractivity (Wildman–Crippen MR) is 122 cm³/mol. The predicted octanol–water partition coefficient (Wildman–Crippen LogP) is 6.34. The van der Waals surface area contributed by atoms with Crippen LogP contribution in [0.5, 0.6) is 0 Å². The van der Waals surface area contributed by atoms with Crippen molar-refractivity contribution in [2.24, 2.45) is 0 Å². The third kappa shape index (κ3) is 2.84. The smallest absolute Gasteiger partial charge is 0.163 e. The summed E-state index contributed by atoms with van der Waals surface area (Å²) in [5, 5.41) is 25.9. The highest BCUT2D eigenvalue weighted by atomic mass is 16.3. The number of allylic oxidation sites excluding steroid dienone is 4. The first-order valence-electron chi connectivity index (χ1n) is 9.75. The summed E-state index contributed by atoms with van der Waals surface area (Å²) in [7, 11) is 0. The number of Topliss-reactive ketones (excluding diaryl/α,β-unsaturated/α-hetero) is 2. The molecule has 4 aromatic rings. The van der Waals surface area contributed by atoms with Gasteiger partial charge in [0.1, 0.15) is 11.5 Å². The van der Waals surface area contributed by atoms with Crippen LogP contribution in [0.15, 0.2) is 60.0 Å². The van der Waals surface area contributed by atoms with Crippen LogP contribution in [0.4, 0.5) is 0 Å². The average Bonchev–Trinajstić information content (AvgIpc) is 2.67. The van der Waals surface area contributed by atoms with Gasteiger partial charge >= 0.3 is 0 Å². The zero-order valence-electron chi connectivity index (χ0n) is 17.3. The first-order chi connectivity index (χ1) is 14.2. The van der Waals surface area contributed by atoms with Crippen molar-refractivity contribution in [1.29, 1.82) is 0 Å². The van der Waals surface area contributed by atoms with Crippen LogP contribution in [0.2, 0.25) is 0 Å². The van der Waals surface area contributed by atoms with Crippen molar-refractivity contribution in [3.8, 4) is 0 Å². The maximum Gasteiger partial charge on any atom is 0.163 e. The number of rotatable bonds is 4. The van der Waals surface area contributed by atoms with Gasteiger partial charge in [-0.2, -0.15) is 0 Å². The third-order valence-electron chi connectivity index (χ3n) is 5.63. The summed E-state index contributed by atoms with van der Waals surface area (Å²) in [5.74, 6) is -0.446. The van der Waals surface area contributed by atoms with E-state index in [1.807, 2.05) is 48.5 Å². The molecule has 0 amide bonds. The number of benzene rings is 4. The number of aliphatic hydroxyl groups is 2. The van der Waals surface area contributed by atoms with Crippen molar-refractivity contribution in [1.82, 2.24) is 0 Å². The van der Waals surface area contributed by atoms with Gasteiger partial charge in [-0.15, -0.1) is 0 Å². The number of carbonyl (C=O) groups excluding carboxylic acids is 2. The van der Waals surface area contributed by atoms with E-state index in [0.29, 0.717) is 22.3 Å². The minimum Gasteiger partial charge on any atom is -0.512 e. The van der Waals surface area contributed by atoms with Crippen molar-refractivity contribution in [3.63, 3.8) is 0 Å². The highest BCUT2D eigenvalue weighted by Crippen LogP contribution is 2.41. The lowest BCUT2D eigenvalue weighted by atomic mass is 9.86. The van der Waals surface area contributed by atoms with Crippen LogP contribution >= 0.6 is 0 Å². The Morgan fingerprint density at radius 3 is 1.20 bits per heavy atom. The molecule has 0 aliphatic carbocycles. The molecule has 0 saturated carbocycles. The SMILES string of the molecule is CC(=O)/C(=C(/C)O)c1ccc2ccc3c(/C(C(C)=O)=C(\C)O)ccc4ccc1c2c43.